The Morgan fingerprint density at radius 2 is 1.38 bits per heavy atom. The van der Waals surface area contributed by atoms with Gasteiger partial charge in [0.05, 0.1) is 30.3 Å². The molecule has 0 aliphatic carbocycles. The van der Waals surface area contributed by atoms with Gasteiger partial charge in [-0.2, -0.15) is 0 Å². The van der Waals surface area contributed by atoms with Crippen molar-refractivity contribution in [2.75, 3.05) is 6.61 Å². The molecule has 1 aliphatic heterocycles. The van der Waals surface area contributed by atoms with E-state index in [9.17, 15) is 0 Å². The lowest BCUT2D eigenvalue weighted by Crippen LogP contribution is -2.04. The molecule has 2 aromatic carbocycles. The van der Waals surface area contributed by atoms with Crippen molar-refractivity contribution < 1.29 is 4.74 Å². The summed E-state index contributed by atoms with van der Waals surface area (Å²) in [5.74, 6) is 0. The topological polar surface area (TPSA) is 17.5 Å². The van der Waals surface area contributed by atoms with Crippen LogP contribution in [0.3, 0.4) is 0 Å². The van der Waals surface area contributed by atoms with Crippen molar-refractivity contribution in [2.24, 2.45) is 0 Å². The first-order valence-corrected chi connectivity index (χ1v) is 9.59. The second kappa shape index (κ2) is 5.34. The number of hydrogen-bond donors (Lipinski definition) is 0. The van der Waals surface area contributed by atoms with Crippen LogP contribution in [0, 0.1) is 0 Å². The number of epoxide rings is 1. The van der Waals surface area contributed by atoms with Crippen molar-refractivity contribution in [3.05, 3.63) is 42.2 Å². The van der Waals surface area contributed by atoms with Crippen LogP contribution in [0.2, 0.25) is 0 Å². The van der Waals surface area contributed by atoms with Crippen LogP contribution < -0.4 is 0 Å². The number of fused-ring (bicyclic) bond motifs is 3. The molecule has 0 amide bonds. The summed E-state index contributed by atoms with van der Waals surface area (Å²) < 4.78 is 12.1. The first-order chi connectivity index (χ1) is 10.0. The molecule has 1 aliphatic rings. The van der Waals surface area contributed by atoms with Gasteiger partial charge in [0.25, 0.3) is 0 Å². The molecular formula is C15H9Br4NO. The molecule has 1 fully saturated rings. The van der Waals surface area contributed by atoms with Gasteiger partial charge in [-0.3, -0.25) is 0 Å². The lowest BCUT2D eigenvalue weighted by atomic mass is 10.1. The van der Waals surface area contributed by atoms with Gasteiger partial charge in [-0.1, -0.05) is 31.9 Å². The van der Waals surface area contributed by atoms with Gasteiger partial charge in [0.15, 0.2) is 0 Å². The fourth-order valence-corrected chi connectivity index (χ4v) is 5.64. The van der Waals surface area contributed by atoms with Crippen LogP contribution in [0.1, 0.15) is 0 Å². The van der Waals surface area contributed by atoms with E-state index >= 15 is 0 Å². The van der Waals surface area contributed by atoms with Crippen molar-refractivity contribution in [3.63, 3.8) is 0 Å². The van der Waals surface area contributed by atoms with E-state index in [4.69, 9.17) is 4.74 Å². The summed E-state index contributed by atoms with van der Waals surface area (Å²) >= 11 is 14.6. The quantitative estimate of drug-likeness (QED) is 0.353. The average Bonchev–Trinajstić information content (AvgIpc) is 3.14. The van der Waals surface area contributed by atoms with Crippen LogP contribution >= 0.6 is 63.7 Å². The van der Waals surface area contributed by atoms with E-state index in [0.717, 1.165) is 31.0 Å². The normalized spacial score (nSPS) is 17.8. The molecule has 2 heterocycles. The van der Waals surface area contributed by atoms with Crippen LogP contribution in [0.25, 0.3) is 21.8 Å². The maximum absolute atomic E-state index is 5.44. The van der Waals surface area contributed by atoms with E-state index in [1.165, 1.54) is 21.8 Å². The molecule has 0 N–H and O–H groups in total. The summed E-state index contributed by atoms with van der Waals surface area (Å²) in [6, 6.07) is 8.53. The zero-order valence-corrected chi connectivity index (χ0v) is 17.0. The molecule has 108 valence electrons. The third-order valence-electron chi connectivity index (χ3n) is 3.67. The summed E-state index contributed by atoms with van der Waals surface area (Å²) in [5, 5.41) is 2.46. The number of halogens is 4. The number of aromatic nitrogens is 1. The third-order valence-corrected chi connectivity index (χ3v) is 5.80. The van der Waals surface area contributed by atoms with E-state index in [-0.39, 0.29) is 0 Å². The molecule has 4 rings (SSSR count). The molecule has 2 nitrogen and oxygen atoms in total. The SMILES string of the molecule is Brc1cc(Br)c2c(c1)c1cc(Br)cc(Br)c1n2CC1CO1. The molecule has 0 saturated carbocycles. The van der Waals surface area contributed by atoms with Gasteiger partial charge in [0, 0.05) is 28.7 Å². The maximum atomic E-state index is 5.44. The fraction of sp³-hybridized carbons (Fsp3) is 0.200. The van der Waals surface area contributed by atoms with Gasteiger partial charge in [0.1, 0.15) is 0 Å². The van der Waals surface area contributed by atoms with Gasteiger partial charge in [-0.15, -0.1) is 0 Å². The molecule has 0 spiro atoms. The fourth-order valence-electron chi connectivity index (χ4n) is 2.76. The van der Waals surface area contributed by atoms with Crippen molar-refractivity contribution in [2.45, 2.75) is 12.6 Å². The third kappa shape index (κ3) is 2.53. The van der Waals surface area contributed by atoms with Crippen LogP contribution in [0.5, 0.6) is 0 Å². The molecular weight excluding hydrogens is 530 g/mol. The Labute approximate surface area is 155 Å². The zero-order valence-electron chi connectivity index (χ0n) is 10.7. The molecule has 0 bridgehead atoms. The minimum absolute atomic E-state index is 0.329. The smallest absolute Gasteiger partial charge is 0.0988 e. The number of benzene rings is 2. The Kier molecular flexibility index (Phi) is 3.74. The van der Waals surface area contributed by atoms with E-state index in [2.05, 4.69) is 92.6 Å². The Balaban J connectivity index is 2.18. The van der Waals surface area contributed by atoms with Gasteiger partial charge < -0.3 is 9.30 Å². The van der Waals surface area contributed by atoms with Crippen LogP contribution in [0.4, 0.5) is 0 Å². The Morgan fingerprint density at radius 1 is 0.905 bits per heavy atom. The number of hydrogen-bond acceptors (Lipinski definition) is 1. The first kappa shape index (κ1) is 14.7. The minimum atomic E-state index is 0.329. The highest BCUT2D eigenvalue weighted by molar-refractivity contribution is 9.11. The lowest BCUT2D eigenvalue weighted by molar-refractivity contribution is 0.387. The largest absolute Gasteiger partial charge is 0.371 e. The Morgan fingerprint density at radius 3 is 1.81 bits per heavy atom. The summed E-state index contributed by atoms with van der Waals surface area (Å²) in [4.78, 5) is 0. The maximum Gasteiger partial charge on any atom is 0.0988 e. The van der Waals surface area contributed by atoms with E-state index < -0.39 is 0 Å². The average molecular weight is 539 g/mol. The number of ether oxygens (including phenoxy) is 1. The number of rotatable bonds is 2. The monoisotopic (exact) mass is 535 g/mol. The Hall–Kier alpha value is 0.120. The van der Waals surface area contributed by atoms with Crippen molar-refractivity contribution in [1.29, 1.82) is 0 Å². The number of nitrogens with zero attached hydrogens (tertiary/aromatic N) is 1. The van der Waals surface area contributed by atoms with Crippen LogP contribution in [-0.4, -0.2) is 17.3 Å². The molecule has 21 heavy (non-hydrogen) atoms. The van der Waals surface area contributed by atoms with Crippen LogP contribution in [-0.2, 0) is 11.3 Å². The highest BCUT2D eigenvalue weighted by Gasteiger charge is 2.26. The molecule has 6 heteroatoms. The molecule has 1 aromatic heterocycles. The molecule has 3 aromatic rings. The van der Waals surface area contributed by atoms with Crippen molar-refractivity contribution in [3.8, 4) is 0 Å². The van der Waals surface area contributed by atoms with Gasteiger partial charge in [-0.05, 0) is 56.1 Å². The lowest BCUT2D eigenvalue weighted by Gasteiger charge is -2.08. The summed E-state index contributed by atoms with van der Waals surface area (Å²) in [6.07, 6.45) is 0.329. The standard InChI is InChI=1S/C15H9Br4NO/c16-7-1-10-11-2-8(17)4-13(19)15(11)20(5-9-6-21-9)14(10)12(18)3-7/h1-4,9H,5-6H2. The first-order valence-electron chi connectivity index (χ1n) is 6.42. The van der Waals surface area contributed by atoms with Crippen molar-refractivity contribution in [1.82, 2.24) is 4.57 Å². The molecule has 1 saturated heterocycles. The Bertz CT molecular complexity index is 817. The second-order valence-corrected chi connectivity index (χ2v) is 8.67. The molecule has 1 atom stereocenters. The minimum Gasteiger partial charge on any atom is -0.371 e. The second-order valence-electron chi connectivity index (χ2n) is 5.13. The highest BCUT2D eigenvalue weighted by Crippen LogP contribution is 2.41. The van der Waals surface area contributed by atoms with Gasteiger partial charge in [-0.25, -0.2) is 0 Å². The summed E-state index contributed by atoms with van der Waals surface area (Å²) in [5.41, 5.74) is 2.42. The predicted molar refractivity (Wildman–Crippen MR) is 100.0 cm³/mol. The highest BCUT2D eigenvalue weighted by atomic mass is 79.9. The van der Waals surface area contributed by atoms with E-state index in [1.807, 2.05) is 0 Å². The predicted octanol–water partition coefficient (Wildman–Crippen LogP) is 6.24. The van der Waals surface area contributed by atoms with Crippen molar-refractivity contribution >= 4 is 85.5 Å². The van der Waals surface area contributed by atoms with Gasteiger partial charge >= 0.3 is 0 Å². The van der Waals surface area contributed by atoms with Crippen LogP contribution in [0.15, 0.2) is 42.2 Å². The zero-order chi connectivity index (χ0) is 14.7. The summed E-state index contributed by atoms with van der Waals surface area (Å²) in [7, 11) is 0. The molecule has 1 unspecified atom stereocenters. The van der Waals surface area contributed by atoms with E-state index in [0.29, 0.717) is 6.10 Å². The molecule has 0 radical (unpaired) electrons. The van der Waals surface area contributed by atoms with E-state index in [1.54, 1.807) is 0 Å². The van der Waals surface area contributed by atoms with Gasteiger partial charge in [0.2, 0.25) is 0 Å². The summed E-state index contributed by atoms with van der Waals surface area (Å²) in [6.45, 7) is 1.73.